The van der Waals surface area contributed by atoms with E-state index in [-0.39, 0.29) is 0 Å². The molecule has 3 heteroatoms. The van der Waals surface area contributed by atoms with Crippen LogP contribution in [-0.4, -0.2) is 11.5 Å². The molecule has 1 N–H and O–H groups in total. The number of aryl methyl sites for hydroxylation is 1. The van der Waals surface area contributed by atoms with Crippen LogP contribution in [0, 0.1) is 12.8 Å². The van der Waals surface area contributed by atoms with Crippen LogP contribution in [0.4, 0.5) is 0 Å². The van der Waals surface area contributed by atoms with Gasteiger partial charge in [0.2, 0.25) is 0 Å². The average Bonchev–Trinajstić information content (AvgIpc) is 2.47. The standard InChI is InChI=1S/C18H24N2S/c1-14(2)10-19-11-17-9-15(3)18(20-12-17)21-13-16-7-5-4-6-8-16/h4-9,12,14,19H,10-11,13H2,1-3H3. The van der Waals surface area contributed by atoms with E-state index in [4.69, 9.17) is 0 Å². The quantitative estimate of drug-likeness (QED) is 0.766. The van der Waals surface area contributed by atoms with Gasteiger partial charge in [-0.1, -0.05) is 50.2 Å². The Hall–Kier alpha value is -1.32. The number of pyridine rings is 1. The molecule has 21 heavy (non-hydrogen) atoms. The van der Waals surface area contributed by atoms with Gasteiger partial charge in [-0.25, -0.2) is 4.98 Å². The van der Waals surface area contributed by atoms with Crippen molar-refractivity contribution in [3.63, 3.8) is 0 Å². The molecular weight excluding hydrogens is 276 g/mol. The van der Waals surface area contributed by atoms with Crippen molar-refractivity contribution in [2.45, 2.75) is 38.1 Å². The maximum Gasteiger partial charge on any atom is 0.0992 e. The molecule has 0 aliphatic carbocycles. The molecule has 0 unspecified atom stereocenters. The average molecular weight is 300 g/mol. The predicted molar refractivity (Wildman–Crippen MR) is 91.5 cm³/mol. The van der Waals surface area contributed by atoms with Crippen molar-refractivity contribution in [1.29, 1.82) is 0 Å². The van der Waals surface area contributed by atoms with Crippen LogP contribution in [0.15, 0.2) is 47.6 Å². The minimum absolute atomic E-state index is 0.680. The van der Waals surface area contributed by atoms with Gasteiger partial charge in [0, 0.05) is 18.5 Å². The van der Waals surface area contributed by atoms with Crippen LogP contribution in [0.25, 0.3) is 0 Å². The molecule has 1 aromatic carbocycles. The lowest BCUT2D eigenvalue weighted by atomic mass is 10.2. The molecule has 0 bridgehead atoms. The molecule has 0 saturated heterocycles. The fraction of sp³-hybridized carbons (Fsp3) is 0.389. The van der Waals surface area contributed by atoms with Crippen LogP contribution < -0.4 is 5.32 Å². The smallest absolute Gasteiger partial charge is 0.0992 e. The first-order valence-corrected chi connectivity index (χ1v) is 8.46. The van der Waals surface area contributed by atoms with Gasteiger partial charge in [0.15, 0.2) is 0 Å². The monoisotopic (exact) mass is 300 g/mol. The summed E-state index contributed by atoms with van der Waals surface area (Å²) in [5, 5.41) is 4.59. The lowest BCUT2D eigenvalue weighted by Crippen LogP contribution is -2.19. The summed E-state index contributed by atoms with van der Waals surface area (Å²) < 4.78 is 0. The number of hydrogen-bond acceptors (Lipinski definition) is 3. The third-order valence-electron chi connectivity index (χ3n) is 3.19. The third kappa shape index (κ3) is 5.52. The largest absolute Gasteiger partial charge is 0.312 e. The highest BCUT2D eigenvalue weighted by Crippen LogP contribution is 2.24. The first-order chi connectivity index (χ1) is 10.1. The lowest BCUT2D eigenvalue weighted by molar-refractivity contribution is 0.551. The molecule has 1 aromatic heterocycles. The maximum atomic E-state index is 4.61. The van der Waals surface area contributed by atoms with E-state index in [1.54, 1.807) is 11.8 Å². The Labute approximate surface area is 132 Å². The molecule has 0 saturated carbocycles. The predicted octanol–water partition coefficient (Wildman–Crippen LogP) is 4.43. The highest BCUT2D eigenvalue weighted by Gasteiger charge is 2.04. The first-order valence-electron chi connectivity index (χ1n) is 7.48. The van der Waals surface area contributed by atoms with Gasteiger partial charge in [-0.2, -0.15) is 0 Å². The summed E-state index contributed by atoms with van der Waals surface area (Å²) in [4.78, 5) is 4.61. The third-order valence-corrected chi connectivity index (χ3v) is 4.37. The Morgan fingerprint density at radius 1 is 1.14 bits per heavy atom. The number of aromatic nitrogens is 1. The summed E-state index contributed by atoms with van der Waals surface area (Å²) in [5.74, 6) is 1.65. The second-order valence-electron chi connectivity index (χ2n) is 5.76. The zero-order chi connectivity index (χ0) is 15.1. The molecule has 2 aromatic rings. The maximum absolute atomic E-state index is 4.61. The van der Waals surface area contributed by atoms with Gasteiger partial charge in [0.25, 0.3) is 0 Å². The topological polar surface area (TPSA) is 24.9 Å². The molecule has 2 rings (SSSR count). The number of nitrogens with zero attached hydrogens (tertiary/aromatic N) is 1. The van der Waals surface area contributed by atoms with Crippen LogP contribution in [-0.2, 0) is 12.3 Å². The van der Waals surface area contributed by atoms with Gasteiger partial charge in [-0.05, 0) is 36.1 Å². The molecule has 0 radical (unpaired) electrons. The van der Waals surface area contributed by atoms with Crippen LogP contribution in [0.1, 0.15) is 30.5 Å². The Balaban J connectivity index is 1.90. The van der Waals surface area contributed by atoms with Gasteiger partial charge in [0.1, 0.15) is 0 Å². The Kier molecular flexibility index (Phi) is 6.27. The molecule has 0 amide bonds. The van der Waals surface area contributed by atoms with E-state index < -0.39 is 0 Å². The van der Waals surface area contributed by atoms with E-state index in [2.05, 4.69) is 67.5 Å². The SMILES string of the molecule is Cc1cc(CNCC(C)C)cnc1SCc1ccccc1. The van der Waals surface area contributed by atoms with Crippen molar-refractivity contribution in [1.82, 2.24) is 10.3 Å². The van der Waals surface area contributed by atoms with Gasteiger partial charge in [-0.15, -0.1) is 11.8 Å². The van der Waals surface area contributed by atoms with Crippen molar-refractivity contribution in [3.05, 3.63) is 59.3 Å². The van der Waals surface area contributed by atoms with E-state index in [1.807, 2.05) is 6.20 Å². The minimum atomic E-state index is 0.680. The molecule has 1 heterocycles. The summed E-state index contributed by atoms with van der Waals surface area (Å²) in [5.41, 5.74) is 3.86. The first kappa shape index (κ1) is 16.1. The van der Waals surface area contributed by atoms with Crippen LogP contribution in [0.2, 0.25) is 0 Å². The molecule has 2 nitrogen and oxygen atoms in total. The van der Waals surface area contributed by atoms with Gasteiger partial charge < -0.3 is 5.32 Å². The van der Waals surface area contributed by atoms with Crippen molar-refractivity contribution >= 4 is 11.8 Å². The summed E-state index contributed by atoms with van der Waals surface area (Å²) >= 11 is 1.81. The van der Waals surface area contributed by atoms with Gasteiger partial charge in [0.05, 0.1) is 5.03 Å². The summed E-state index contributed by atoms with van der Waals surface area (Å²) in [6.45, 7) is 8.53. The molecule has 0 spiro atoms. The Morgan fingerprint density at radius 2 is 1.90 bits per heavy atom. The zero-order valence-electron chi connectivity index (χ0n) is 13.1. The lowest BCUT2D eigenvalue weighted by Gasteiger charge is -2.10. The Bertz CT molecular complexity index is 552. The fourth-order valence-electron chi connectivity index (χ4n) is 2.10. The number of rotatable bonds is 7. The molecule has 0 aliphatic rings. The summed E-state index contributed by atoms with van der Waals surface area (Å²) in [6.07, 6.45) is 1.99. The zero-order valence-corrected chi connectivity index (χ0v) is 13.9. The van der Waals surface area contributed by atoms with Gasteiger partial charge >= 0.3 is 0 Å². The second-order valence-corrected chi connectivity index (χ2v) is 6.73. The second kappa shape index (κ2) is 8.20. The van der Waals surface area contributed by atoms with Crippen molar-refractivity contribution in [2.75, 3.05) is 6.54 Å². The molecular formula is C18H24N2S. The van der Waals surface area contributed by atoms with E-state index in [0.29, 0.717) is 5.92 Å². The van der Waals surface area contributed by atoms with E-state index >= 15 is 0 Å². The van der Waals surface area contributed by atoms with E-state index in [0.717, 1.165) is 23.9 Å². The van der Waals surface area contributed by atoms with Crippen LogP contribution in [0.3, 0.4) is 0 Å². The number of thioether (sulfide) groups is 1. The van der Waals surface area contributed by atoms with E-state index in [1.165, 1.54) is 16.7 Å². The fourth-order valence-corrected chi connectivity index (χ4v) is 3.01. The molecule has 0 fully saturated rings. The minimum Gasteiger partial charge on any atom is -0.312 e. The normalized spacial score (nSPS) is 11.0. The Morgan fingerprint density at radius 3 is 2.57 bits per heavy atom. The molecule has 112 valence electrons. The van der Waals surface area contributed by atoms with Crippen molar-refractivity contribution < 1.29 is 0 Å². The van der Waals surface area contributed by atoms with Crippen molar-refractivity contribution in [2.24, 2.45) is 5.92 Å². The van der Waals surface area contributed by atoms with Crippen LogP contribution in [0.5, 0.6) is 0 Å². The summed E-state index contributed by atoms with van der Waals surface area (Å²) in [6, 6.07) is 12.8. The van der Waals surface area contributed by atoms with Crippen LogP contribution >= 0.6 is 11.8 Å². The highest BCUT2D eigenvalue weighted by atomic mass is 32.2. The summed E-state index contributed by atoms with van der Waals surface area (Å²) in [7, 11) is 0. The number of benzene rings is 1. The van der Waals surface area contributed by atoms with E-state index in [9.17, 15) is 0 Å². The van der Waals surface area contributed by atoms with Crippen molar-refractivity contribution in [3.8, 4) is 0 Å². The molecule has 0 aliphatic heterocycles. The number of nitrogens with one attached hydrogen (secondary N) is 1. The highest BCUT2D eigenvalue weighted by molar-refractivity contribution is 7.98. The number of hydrogen-bond donors (Lipinski definition) is 1. The van der Waals surface area contributed by atoms with Gasteiger partial charge in [-0.3, -0.25) is 0 Å². The molecule has 0 atom stereocenters.